The molecule has 0 aliphatic carbocycles. The number of aldehydes is 1. The van der Waals surface area contributed by atoms with E-state index in [1.54, 1.807) is 17.2 Å². The van der Waals surface area contributed by atoms with Crippen LogP contribution in [0.5, 0.6) is 0 Å². The fourth-order valence-corrected chi connectivity index (χ4v) is 2.90. The molecule has 1 aromatic carbocycles. The lowest BCUT2D eigenvalue weighted by molar-refractivity contribution is -0.112. The van der Waals surface area contributed by atoms with Crippen LogP contribution >= 0.6 is 0 Å². The predicted molar refractivity (Wildman–Crippen MR) is 78.8 cm³/mol. The second-order valence-corrected chi connectivity index (χ2v) is 5.25. The van der Waals surface area contributed by atoms with Gasteiger partial charge in [-0.15, -0.1) is 0 Å². The minimum absolute atomic E-state index is 0.0777. The maximum Gasteiger partial charge on any atom is 0.255 e. The summed E-state index contributed by atoms with van der Waals surface area (Å²) in [7, 11) is 0. The summed E-state index contributed by atoms with van der Waals surface area (Å²) < 4.78 is 0. The van der Waals surface area contributed by atoms with Crippen LogP contribution in [0.4, 0.5) is 0 Å². The normalized spacial score (nSPS) is 18.4. The van der Waals surface area contributed by atoms with Crippen molar-refractivity contribution in [3.63, 3.8) is 0 Å². The number of carbonyl (C=O) groups is 2. The van der Waals surface area contributed by atoms with E-state index in [1.807, 2.05) is 43.3 Å². The van der Waals surface area contributed by atoms with Crippen LogP contribution in [-0.2, 0) is 11.2 Å². The van der Waals surface area contributed by atoms with Crippen LogP contribution < -0.4 is 0 Å². The van der Waals surface area contributed by atoms with E-state index < -0.39 is 6.04 Å². The van der Waals surface area contributed by atoms with E-state index in [4.69, 9.17) is 0 Å². The monoisotopic (exact) mass is 280 g/mol. The van der Waals surface area contributed by atoms with Crippen molar-refractivity contribution >= 4 is 12.2 Å². The molecule has 0 N–H and O–H groups in total. The maximum atomic E-state index is 12.5. The molecule has 2 unspecified atom stereocenters. The Hall–Kier alpha value is -2.49. The number of carbonyl (C=O) groups excluding carboxylic acids is 2. The van der Waals surface area contributed by atoms with Gasteiger partial charge in [0.1, 0.15) is 12.3 Å². The van der Waals surface area contributed by atoms with Crippen molar-refractivity contribution in [3.8, 4) is 0 Å². The smallest absolute Gasteiger partial charge is 0.255 e. The summed E-state index contributed by atoms with van der Waals surface area (Å²) >= 11 is 0. The number of benzene rings is 1. The van der Waals surface area contributed by atoms with Gasteiger partial charge in [-0.25, -0.2) is 0 Å². The van der Waals surface area contributed by atoms with E-state index in [0.29, 0.717) is 12.0 Å². The van der Waals surface area contributed by atoms with Crippen LogP contribution in [0.2, 0.25) is 0 Å². The zero-order chi connectivity index (χ0) is 14.8. The summed E-state index contributed by atoms with van der Waals surface area (Å²) in [5.74, 6) is -0.0777. The highest BCUT2D eigenvalue weighted by Crippen LogP contribution is 2.34. The Morgan fingerprint density at radius 1 is 1.24 bits per heavy atom. The van der Waals surface area contributed by atoms with Crippen LogP contribution in [0.15, 0.2) is 48.7 Å². The van der Waals surface area contributed by atoms with Gasteiger partial charge < -0.3 is 9.69 Å². The van der Waals surface area contributed by atoms with Gasteiger partial charge in [0.15, 0.2) is 0 Å². The molecule has 0 fully saturated rings. The van der Waals surface area contributed by atoms with Gasteiger partial charge >= 0.3 is 0 Å². The lowest BCUT2D eigenvalue weighted by Crippen LogP contribution is -2.38. The third kappa shape index (κ3) is 2.33. The van der Waals surface area contributed by atoms with Crippen LogP contribution in [0.25, 0.3) is 0 Å². The molecule has 1 aromatic heterocycles. The molecule has 2 atom stereocenters. The summed E-state index contributed by atoms with van der Waals surface area (Å²) in [6, 6.07) is 12.4. The second kappa shape index (κ2) is 5.48. The van der Waals surface area contributed by atoms with E-state index in [2.05, 4.69) is 4.98 Å². The number of pyridine rings is 1. The minimum Gasteiger partial charge on any atom is -0.322 e. The molecule has 0 saturated heterocycles. The van der Waals surface area contributed by atoms with Crippen molar-refractivity contribution < 1.29 is 9.59 Å². The SMILES string of the molecule is CC(Cc1ccccn1)N1C(=O)c2ccccc2C1C=O. The highest BCUT2D eigenvalue weighted by atomic mass is 16.2. The van der Waals surface area contributed by atoms with Gasteiger partial charge in [-0.1, -0.05) is 24.3 Å². The fourth-order valence-electron chi connectivity index (χ4n) is 2.90. The van der Waals surface area contributed by atoms with Crippen molar-refractivity contribution in [1.82, 2.24) is 9.88 Å². The zero-order valence-corrected chi connectivity index (χ0v) is 11.8. The molecule has 2 aromatic rings. The molecule has 1 aliphatic heterocycles. The summed E-state index contributed by atoms with van der Waals surface area (Å²) in [6.07, 6.45) is 3.21. The van der Waals surface area contributed by atoms with E-state index in [1.165, 1.54) is 0 Å². The van der Waals surface area contributed by atoms with Crippen LogP contribution in [0.1, 0.15) is 34.6 Å². The van der Waals surface area contributed by atoms with E-state index in [9.17, 15) is 9.59 Å². The van der Waals surface area contributed by atoms with Gasteiger partial charge in [-0.05, 0) is 30.7 Å². The molecule has 2 heterocycles. The first-order valence-electron chi connectivity index (χ1n) is 6.99. The number of hydrogen-bond acceptors (Lipinski definition) is 3. The van der Waals surface area contributed by atoms with Gasteiger partial charge in [0.2, 0.25) is 0 Å². The average molecular weight is 280 g/mol. The fraction of sp³-hybridized carbons (Fsp3) is 0.235. The van der Waals surface area contributed by atoms with Gasteiger partial charge in [0, 0.05) is 29.9 Å². The average Bonchev–Trinajstić information content (AvgIpc) is 2.81. The largest absolute Gasteiger partial charge is 0.322 e. The molecule has 4 nitrogen and oxygen atoms in total. The van der Waals surface area contributed by atoms with E-state index >= 15 is 0 Å². The predicted octanol–water partition coefficient (Wildman–Crippen LogP) is 2.41. The molecule has 0 saturated carbocycles. The highest BCUT2D eigenvalue weighted by molar-refractivity contribution is 6.02. The molecule has 1 aliphatic rings. The lowest BCUT2D eigenvalue weighted by atomic mass is 10.1. The molecule has 0 bridgehead atoms. The Morgan fingerprint density at radius 2 is 2.00 bits per heavy atom. The summed E-state index contributed by atoms with van der Waals surface area (Å²) in [5.41, 5.74) is 2.34. The topological polar surface area (TPSA) is 50.3 Å². The number of aromatic nitrogens is 1. The van der Waals surface area contributed by atoms with Crippen molar-refractivity contribution in [2.75, 3.05) is 0 Å². The summed E-state index contributed by atoms with van der Waals surface area (Å²) in [5, 5.41) is 0. The third-order valence-corrected chi connectivity index (χ3v) is 3.88. The molecule has 3 rings (SSSR count). The summed E-state index contributed by atoms with van der Waals surface area (Å²) in [4.78, 5) is 30.0. The lowest BCUT2D eigenvalue weighted by Gasteiger charge is -2.28. The summed E-state index contributed by atoms with van der Waals surface area (Å²) in [6.45, 7) is 1.95. The number of amides is 1. The van der Waals surface area contributed by atoms with Gasteiger partial charge in [0.05, 0.1) is 0 Å². The maximum absolute atomic E-state index is 12.5. The Kier molecular flexibility index (Phi) is 3.52. The van der Waals surface area contributed by atoms with E-state index in [-0.39, 0.29) is 11.9 Å². The Morgan fingerprint density at radius 3 is 2.71 bits per heavy atom. The minimum atomic E-state index is -0.493. The quantitative estimate of drug-likeness (QED) is 0.808. The van der Waals surface area contributed by atoms with Crippen LogP contribution in [0, 0.1) is 0 Å². The first-order valence-corrected chi connectivity index (χ1v) is 6.99. The van der Waals surface area contributed by atoms with Crippen molar-refractivity contribution in [3.05, 3.63) is 65.5 Å². The van der Waals surface area contributed by atoms with Crippen molar-refractivity contribution in [2.45, 2.75) is 25.4 Å². The Labute approximate surface area is 123 Å². The van der Waals surface area contributed by atoms with Gasteiger partial charge in [0.25, 0.3) is 5.91 Å². The highest BCUT2D eigenvalue weighted by Gasteiger charge is 2.38. The zero-order valence-electron chi connectivity index (χ0n) is 11.8. The van der Waals surface area contributed by atoms with Crippen LogP contribution in [0.3, 0.4) is 0 Å². The van der Waals surface area contributed by atoms with Gasteiger partial charge in [-0.2, -0.15) is 0 Å². The van der Waals surface area contributed by atoms with E-state index in [0.717, 1.165) is 17.5 Å². The molecule has 21 heavy (non-hydrogen) atoms. The van der Waals surface area contributed by atoms with Crippen LogP contribution in [-0.4, -0.2) is 28.1 Å². The molecule has 106 valence electrons. The molecular weight excluding hydrogens is 264 g/mol. The molecule has 4 heteroatoms. The van der Waals surface area contributed by atoms with Crippen molar-refractivity contribution in [2.24, 2.45) is 0 Å². The third-order valence-electron chi connectivity index (χ3n) is 3.88. The molecule has 0 spiro atoms. The first kappa shape index (κ1) is 13.5. The molecular formula is C17H16N2O2. The number of nitrogens with zero attached hydrogens (tertiary/aromatic N) is 2. The Bertz CT molecular complexity index is 670. The number of hydrogen-bond donors (Lipinski definition) is 0. The number of rotatable bonds is 4. The standard InChI is InChI=1S/C17H16N2O2/c1-12(10-13-6-4-5-9-18-13)19-16(11-20)14-7-2-3-8-15(14)17(19)21/h2-9,11-12,16H,10H2,1H3. The second-order valence-electron chi connectivity index (χ2n) is 5.25. The van der Waals surface area contributed by atoms with Gasteiger partial charge in [-0.3, -0.25) is 9.78 Å². The van der Waals surface area contributed by atoms with Crippen molar-refractivity contribution in [1.29, 1.82) is 0 Å². The first-order chi connectivity index (χ1) is 10.2. The number of fused-ring (bicyclic) bond motifs is 1. The molecule has 0 radical (unpaired) electrons. The molecule has 1 amide bonds. The Balaban J connectivity index is 1.88.